The number of ether oxygens (including phenoxy) is 1. The Morgan fingerprint density at radius 3 is 3.14 bits per heavy atom. The first-order valence-electron chi connectivity index (χ1n) is 9.75. The summed E-state index contributed by atoms with van der Waals surface area (Å²) in [5.41, 5.74) is 7.36. The molecule has 2 aromatic carbocycles. The standard InChI is InChI=1S/C23H19N5O/c1-2-15-4-5-17(12-16(15)3-1)20-14-28-10-8-25-23(28)22(27-20)26-18-6-7-21-19(13-18)24-9-11-29-21/h1-2,4-8,10,12-14,24H,3,9,11H2,(H,26,27). The number of anilines is 3. The Hall–Kier alpha value is -3.80. The maximum absolute atomic E-state index is 5.67. The Kier molecular flexibility index (Phi) is 3.56. The smallest absolute Gasteiger partial charge is 0.180 e. The van der Waals surface area contributed by atoms with Gasteiger partial charge in [0.15, 0.2) is 11.5 Å². The largest absolute Gasteiger partial charge is 0.490 e. The number of hydrogen-bond acceptors (Lipinski definition) is 5. The predicted octanol–water partition coefficient (Wildman–Crippen LogP) is 4.51. The zero-order valence-corrected chi connectivity index (χ0v) is 15.7. The van der Waals surface area contributed by atoms with E-state index in [0.717, 1.165) is 52.8 Å². The van der Waals surface area contributed by atoms with E-state index in [1.54, 1.807) is 6.20 Å². The molecular weight excluding hydrogens is 362 g/mol. The molecule has 6 heteroatoms. The topological polar surface area (TPSA) is 63.5 Å². The zero-order valence-electron chi connectivity index (χ0n) is 15.7. The summed E-state index contributed by atoms with van der Waals surface area (Å²) in [6.07, 6.45) is 11.1. The fraction of sp³-hybridized carbons (Fsp3) is 0.130. The van der Waals surface area contributed by atoms with Crippen molar-refractivity contribution in [1.29, 1.82) is 0 Å². The maximum atomic E-state index is 5.67. The number of benzene rings is 2. The maximum Gasteiger partial charge on any atom is 0.180 e. The number of rotatable bonds is 3. The van der Waals surface area contributed by atoms with Crippen LogP contribution in [-0.2, 0) is 6.42 Å². The summed E-state index contributed by atoms with van der Waals surface area (Å²) in [5, 5.41) is 6.81. The van der Waals surface area contributed by atoms with E-state index in [9.17, 15) is 0 Å². The minimum Gasteiger partial charge on any atom is -0.490 e. The Morgan fingerprint density at radius 2 is 2.14 bits per heavy atom. The molecule has 6 nitrogen and oxygen atoms in total. The van der Waals surface area contributed by atoms with Gasteiger partial charge in [-0.1, -0.05) is 24.3 Å². The molecule has 0 bridgehead atoms. The number of hydrogen-bond donors (Lipinski definition) is 2. The molecule has 2 N–H and O–H groups in total. The molecule has 1 aliphatic carbocycles. The fourth-order valence-corrected chi connectivity index (χ4v) is 3.93. The highest BCUT2D eigenvalue weighted by molar-refractivity contribution is 5.77. The normalized spacial score (nSPS) is 14.2. The summed E-state index contributed by atoms with van der Waals surface area (Å²) in [6.45, 7) is 1.50. The summed E-state index contributed by atoms with van der Waals surface area (Å²) >= 11 is 0. The lowest BCUT2D eigenvalue weighted by molar-refractivity contribution is 0.323. The Morgan fingerprint density at radius 1 is 1.14 bits per heavy atom. The predicted molar refractivity (Wildman–Crippen MR) is 115 cm³/mol. The van der Waals surface area contributed by atoms with Crippen molar-refractivity contribution in [2.24, 2.45) is 0 Å². The zero-order chi connectivity index (χ0) is 19.2. The molecule has 6 rings (SSSR count). The Balaban J connectivity index is 1.41. The van der Waals surface area contributed by atoms with E-state index in [1.165, 1.54) is 11.1 Å². The highest BCUT2D eigenvalue weighted by atomic mass is 16.5. The van der Waals surface area contributed by atoms with Gasteiger partial charge in [0.2, 0.25) is 0 Å². The molecule has 142 valence electrons. The van der Waals surface area contributed by atoms with Gasteiger partial charge in [0.1, 0.15) is 12.4 Å². The molecule has 0 radical (unpaired) electrons. The van der Waals surface area contributed by atoms with Gasteiger partial charge in [0.05, 0.1) is 11.4 Å². The van der Waals surface area contributed by atoms with Gasteiger partial charge in [-0.25, -0.2) is 9.97 Å². The van der Waals surface area contributed by atoms with Gasteiger partial charge in [-0.2, -0.15) is 0 Å². The van der Waals surface area contributed by atoms with E-state index in [0.29, 0.717) is 6.61 Å². The van der Waals surface area contributed by atoms with Crippen LogP contribution in [0.5, 0.6) is 5.75 Å². The number of nitrogens with one attached hydrogen (secondary N) is 2. The van der Waals surface area contributed by atoms with Crippen LogP contribution in [0, 0.1) is 0 Å². The number of aromatic nitrogens is 3. The summed E-state index contributed by atoms with van der Waals surface area (Å²) in [5.74, 6) is 1.60. The molecule has 4 aromatic rings. The van der Waals surface area contributed by atoms with Gasteiger partial charge in [0, 0.05) is 36.4 Å². The lowest BCUT2D eigenvalue weighted by Gasteiger charge is -2.20. The van der Waals surface area contributed by atoms with Crippen molar-refractivity contribution in [3.63, 3.8) is 0 Å². The fourth-order valence-electron chi connectivity index (χ4n) is 3.93. The summed E-state index contributed by atoms with van der Waals surface area (Å²) in [6, 6.07) is 12.5. The van der Waals surface area contributed by atoms with Crippen molar-refractivity contribution in [2.45, 2.75) is 6.42 Å². The van der Waals surface area contributed by atoms with E-state index >= 15 is 0 Å². The van der Waals surface area contributed by atoms with Gasteiger partial charge in [-0.05, 0) is 41.8 Å². The van der Waals surface area contributed by atoms with Crippen LogP contribution in [0.4, 0.5) is 17.2 Å². The second kappa shape index (κ2) is 6.38. The minimum absolute atomic E-state index is 0.689. The molecule has 1 aliphatic heterocycles. The highest BCUT2D eigenvalue weighted by Gasteiger charge is 2.14. The van der Waals surface area contributed by atoms with Crippen molar-refractivity contribution >= 4 is 28.9 Å². The summed E-state index contributed by atoms with van der Waals surface area (Å²) in [4.78, 5) is 9.39. The first-order valence-corrected chi connectivity index (χ1v) is 9.75. The third kappa shape index (κ3) is 2.81. The molecule has 0 fully saturated rings. The monoisotopic (exact) mass is 381 g/mol. The van der Waals surface area contributed by atoms with Gasteiger partial charge in [-0.3, -0.25) is 0 Å². The van der Waals surface area contributed by atoms with Crippen LogP contribution in [0.25, 0.3) is 23.0 Å². The third-order valence-electron chi connectivity index (χ3n) is 5.37. The molecule has 0 amide bonds. The number of imidazole rings is 1. The second-order valence-electron chi connectivity index (χ2n) is 7.26. The van der Waals surface area contributed by atoms with Crippen molar-refractivity contribution in [2.75, 3.05) is 23.8 Å². The lowest BCUT2D eigenvalue weighted by atomic mass is 10.0. The quantitative estimate of drug-likeness (QED) is 0.547. The molecular formula is C23H19N5O. The molecule has 0 saturated heterocycles. The van der Waals surface area contributed by atoms with Crippen molar-refractivity contribution in [3.05, 3.63) is 72.2 Å². The van der Waals surface area contributed by atoms with Crippen LogP contribution in [0.3, 0.4) is 0 Å². The third-order valence-corrected chi connectivity index (χ3v) is 5.37. The molecule has 2 aromatic heterocycles. The SMILES string of the molecule is C1=Cc2ccc(-c3cn4ccnc4c(Nc4ccc5c(c4)NCCO5)n3)cc2C1. The second-order valence-corrected chi connectivity index (χ2v) is 7.26. The van der Waals surface area contributed by atoms with Crippen molar-refractivity contribution in [3.8, 4) is 17.0 Å². The number of nitrogens with zero attached hydrogens (tertiary/aromatic N) is 3. The van der Waals surface area contributed by atoms with Crippen LogP contribution in [0.1, 0.15) is 11.1 Å². The van der Waals surface area contributed by atoms with E-state index in [-0.39, 0.29) is 0 Å². The number of fused-ring (bicyclic) bond motifs is 3. The van der Waals surface area contributed by atoms with Crippen LogP contribution in [0.2, 0.25) is 0 Å². The average molecular weight is 381 g/mol. The summed E-state index contributed by atoms with van der Waals surface area (Å²) < 4.78 is 7.68. The molecule has 3 heterocycles. The highest BCUT2D eigenvalue weighted by Crippen LogP contribution is 2.32. The van der Waals surface area contributed by atoms with Crippen LogP contribution >= 0.6 is 0 Å². The first-order chi connectivity index (χ1) is 14.3. The van der Waals surface area contributed by atoms with Crippen LogP contribution in [-0.4, -0.2) is 27.5 Å². The van der Waals surface area contributed by atoms with Crippen molar-refractivity contribution < 1.29 is 4.74 Å². The molecule has 29 heavy (non-hydrogen) atoms. The lowest BCUT2D eigenvalue weighted by Crippen LogP contribution is -2.17. The Labute approximate surface area is 167 Å². The molecule has 0 spiro atoms. The summed E-state index contributed by atoms with van der Waals surface area (Å²) in [7, 11) is 0. The van der Waals surface area contributed by atoms with Gasteiger partial charge < -0.3 is 19.8 Å². The van der Waals surface area contributed by atoms with E-state index in [2.05, 4.69) is 46.0 Å². The molecule has 0 saturated carbocycles. The molecule has 0 atom stereocenters. The van der Waals surface area contributed by atoms with E-state index in [4.69, 9.17) is 9.72 Å². The van der Waals surface area contributed by atoms with Gasteiger partial charge >= 0.3 is 0 Å². The molecule has 0 unspecified atom stereocenters. The van der Waals surface area contributed by atoms with Gasteiger partial charge in [0.25, 0.3) is 0 Å². The first kappa shape index (κ1) is 16.2. The average Bonchev–Trinajstić information content (AvgIpc) is 3.42. The van der Waals surface area contributed by atoms with Gasteiger partial charge in [-0.15, -0.1) is 0 Å². The minimum atomic E-state index is 0.689. The van der Waals surface area contributed by atoms with Crippen LogP contribution < -0.4 is 15.4 Å². The van der Waals surface area contributed by atoms with E-state index in [1.807, 2.05) is 35.0 Å². The van der Waals surface area contributed by atoms with E-state index < -0.39 is 0 Å². The Bertz CT molecular complexity index is 1270. The number of allylic oxidation sites excluding steroid dienone is 1. The van der Waals surface area contributed by atoms with Crippen molar-refractivity contribution in [1.82, 2.24) is 14.4 Å². The van der Waals surface area contributed by atoms with Crippen LogP contribution in [0.15, 0.2) is 61.1 Å². The molecule has 2 aliphatic rings.